The van der Waals surface area contributed by atoms with Crippen LogP contribution in [0.2, 0.25) is 0 Å². The van der Waals surface area contributed by atoms with Gasteiger partial charge >= 0.3 is 0 Å². The fraction of sp³-hybridized carbons (Fsp3) is 0.889. The summed E-state index contributed by atoms with van der Waals surface area (Å²) in [6.07, 6.45) is 1.25. The highest BCUT2D eigenvalue weighted by Crippen LogP contribution is 2.05. The first-order valence-electron chi connectivity index (χ1n) is 5.08. The third kappa shape index (κ3) is 4.17. The Morgan fingerprint density at radius 1 is 1.53 bits per heavy atom. The summed E-state index contributed by atoms with van der Waals surface area (Å²) in [7, 11) is -3.04. The highest BCUT2D eigenvalue weighted by atomic mass is 32.2. The van der Waals surface area contributed by atoms with Gasteiger partial charge < -0.3 is 10.2 Å². The first-order valence-corrected chi connectivity index (χ1v) is 7.14. The van der Waals surface area contributed by atoms with Crippen molar-refractivity contribution in [3.05, 3.63) is 0 Å². The number of nitrogens with zero attached hydrogens (tertiary/aromatic N) is 1. The van der Waals surface area contributed by atoms with Gasteiger partial charge in [-0.3, -0.25) is 4.79 Å². The Morgan fingerprint density at radius 3 is 2.73 bits per heavy atom. The zero-order chi connectivity index (χ0) is 11.5. The Hall–Kier alpha value is -0.620. The Kier molecular flexibility index (Phi) is 4.10. The zero-order valence-corrected chi connectivity index (χ0v) is 10.0. The van der Waals surface area contributed by atoms with E-state index in [1.165, 1.54) is 0 Å². The van der Waals surface area contributed by atoms with Crippen molar-refractivity contribution >= 4 is 15.7 Å². The summed E-state index contributed by atoms with van der Waals surface area (Å²) in [5.41, 5.74) is 0. The van der Waals surface area contributed by atoms with E-state index in [2.05, 4.69) is 5.32 Å². The van der Waals surface area contributed by atoms with Crippen molar-refractivity contribution in [2.24, 2.45) is 0 Å². The molecule has 0 bridgehead atoms. The molecule has 1 amide bonds. The molecule has 1 aliphatic rings. The Morgan fingerprint density at radius 2 is 2.20 bits per heavy atom. The molecule has 5 nitrogen and oxygen atoms in total. The maximum absolute atomic E-state index is 11.7. The summed E-state index contributed by atoms with van der Waals surface area (Å²) in [6.45, 7) is 4.20. The van der Waals surface area contributed by atoms with Crippen molar-refractivity contribution in [3.8, 4) is 0 Å². The second kappa shape index (κ2) is 4.94. The fourth-order valence-electron chi connectivity index (χ4n) is 1.63. The van der Waals surface area contributed by atoms with Gasteiger partial charge in [0.2, 0.25) is 5.91 Å². The van der Waals surface area contributed by atoms with Crippen molar-refractivity contribution in [3.63, 3.8) is 0 Å². The first kappa shape index (κ1) is 12.4. The average Bonchev–Trinajstić information content (AvgIpc) is 2.14. The molecular formula is C9H18N2O3S. The molecule has 0 spiro atoms. The number of carbonyl (C=O) groups is 1. The van der Waals surface area contributed by atoms with Crippen molar-refractivity contribution in [2.75, 3.05) is 31.6 Å². The summed E-state index contributed by atoms with van der Waals surface area (Å²) < 4.78 is 21.8. The molecule has 0 aromatic rings. The molecule has 1 rings (SSSR count). The number of piperazine rings is 1. The van der Waals surface area contributed by atoms with Crippen LogP contribution in [0.4, 0.5) is 0 Å². The minimum absolute atomic E-state index is 0.0531. The van der Waals surface area contributed by atoms with E-state index < -0.39 is 9.84 Å². The minimum atomic E-state index is -3.04. The average molecular weight is 234 g/mol. The van der Waals surface area contributed by atoms with E-state index >= 15 is 0 Å². The summed E-state index contributed by atoms with van der Waals surface area (Å²) in [6, 6.07) is 0.158. The van der Waals surface area contributed by atoms with Gasteiger partial charge in [-0.2, -0.15) is 0 Å². The fourth-order valence-corrected chi connectivity index (χ4v) is 2.17. The number of sulfone groups is 1. The normalized spacial score (nSPS) is 22.8. The quantitative estimate of drug-likeness (QED) is 0.697. The largest absolute Gasteiger partial charge is 0.337 e. The second-order valence-corrected chi connectivity index (χ2v) is 6.28. The van der Waals surface area contributed by atoms with Crippen molar-refractivity contribution < 1.29 is 13.2 Å². The number of nitrogens with one attached hydrogen (secondary N) is 1. The summed E-state index contributed by atoms with van der Waals surface area (Å²) in [5, 5.41) is 3.18. The van der Waals surface area contributed by atoms with E-state index in [4.69, 9.17) is 0 Å². The van der Waals surface area contributed by atoms with Crippen molar-refractivity contribution in [1.82, 2.24) is 10.2 Å². The number of carbonyl (C=O) groups excluding carboxylic acids is 1. The number of hydrogen-bond donors (Lipinski definition) is 1. The van der Waals surface area contributed by atoms with Crippen LogP contribution in [0.25, 0.3) is 0 Å². The van der Waals surface area contributed by atoms with E-state index in [9.17, 15) is 13.2 Å². The van der Waals surface area contributed by atoms with Crippen LogP contribution >= 0.6 is 0 Å². The molecule has 1 atom stereocenters. The van der Waals surface area contributed by atoms with Gasteiger partial charge in [-0.15, -0.1) is 0 Å². The zero-order valence-electron chi connectivity index (χ0n) is 9.19. The van der Waals surface area contributed by atoms with Crippen molar-refractivity contribution in [1.29, 1.82) is 0 Å². The minimum Gasteiger partial charge on any atom is -0.337 e. The number of rotatable bonds is 3. The topological polar surface area (TPSA) is 66.5 Å². The lowest BCUT2D eigenvalue weighted by Crippen LogP contribution is -2.52. The molecule has 15 heavy (non-hydrogen) atoms. The van der Waals surface area contributed by atoms with Gasteiger partial charge in [-0.25, -0.2) is 8.42 Å². The molecule has 0 radical (unpaired) electrons. The number of hydrogen-bond acceptors (Lipinski definition) is 4. The molecule has 1 unspecified atom stereocenters. The number of amides is 1. The summed E-state index contributed by atoms with van der Waals surface area (Å²) in [4.78, 5) is 13.4. The van der Waals surface area contributed by atoms with Gasteiger partial charge in [0.1, 0.15) is 9.84 Å². The smallest absolute Gasteiger partial charge is 0.223 e. The van der Waals surface area contributed by atoms with Gasteiger partial charge in [-0.05, 0) is 6.92 Å². The van der Waals surface area contributed by atoms with Gasteiger partial charge in [-0.1, -0.05) is 0 Å². The first-order chi connectivity index (χ1) is 6.90. The van der Waals surface area contributed by atoms with Gasteiger partial charge in [0, 0.05) is 38.4 Å². The third-order valence-electron chi connectivity index (χ3n) is 2.51. The van der Waals surface area contributed by atoms with Crippen molar-refractivity contribution in [2.45, 2.75) is 19.4 Å². The molecule has 0 saturated carbocycles. The molecule has 1 saturated heterocycles. The van der Waals surface area contributed by atoms with Crippen LogP contribution in [-0.4, -0.2) is 56.9 Å². The predicted molar refractivity (Wildman–Crippen MR) is 58.4 cm³/mol. The third-order valence-corrected chi connectivity index (χ3v) is 3.45. The molecular weight excluding hydrogens is 216 g/mol. The molecule has 1 fully saturated rings. The predicted octanol–water partition coefficient (Wildman–Crippen LogP) is -0.759. The van der Waals surface area contributed by atoms with E-state index in [0.717, 1.165) is 19.3 Å². The van der Waals surface area contributed by atoms with Crippen LogP contribution in [-0.2, 0) is 14.6 Å². The van der Waals surface area contributed by atoms with Gasteiger partial charge in [0.15, 0.2) is 0 Å². The van der Waals surface area contributed by atoms with E-state index in [1.54, 1.807) is 4.90 Å². The Bertz CT molecular complexity index is 326. The van der Waals surface area contributed by atoms with E-state index in [-0.39, 0.29) is 24.1 Å². The van der Waals surface area contributed by atoms with Crippen LogP contribution in [0.15, 0.2) is 0 Å². The standard InChI is InChI=1S/C9H18N2O3S/c1-8-7-10-4-5-11(8)9(12)3-6-15(2,13)14/h8,10H,3-7H2,1-2H3. The van der Waals surface area contributed by atoms with Gasteiger partial charge in [0.25, 0.3) is 0 Å². The monoisotopic (exact) mass is 234 g/mol. The highest BCUT2D eigenvalue weighted by molar-refractivity contribution is 7.90. The SMILES string of the molecule is CC1CNCCN1C(=O)CCS(C)(=O)=O. The van der Waals surface area contributed by atoms with Crippen LogP contribution < -0.4 is 5.32 Å². The lowest BCUT2D eigenvalue weighted by Gasteiger charge is -2.34. The lowest BCUT2D eigenvalue weighted by molar-refractivity contribution is -0.133. The molecule has 1 aliphatic heterocycles. The molecule has 6 heteroatoms. The molecule has 1 heterocycles. The molecule has 1 N–H and O–H groups in total. The Balaban J connectivity index is 2.45. The second-order valence-electron chi connectivity index (χ2n) is 4.02. The van der Waals surface area contributed by atoms with E-state index in [1.807, 2.05) is 6.92 Å². The lowest BCUT2D eigenvalue weighted by atomic mass is 10.2. The molecule has 88 valence electrons. The van der Waals surface area contributed by atoms with Crippen LogP contribution in [0.5, 0.6) is 0 Å². The van der Waals surface area contributed by atoms with E-state index in [0.29, 0.717) is 6.54 Å². The Labute approximate surface area is 90.7 Å². The highest BCUT2D eigenvalue weighted by Gasteiger charge is 2.23. The van der Waals surface area contributed by atoms with Gasteiger partial charge in [0.05, 0.1) is 5.75 Å². The van der Waals surface area contributed by atoms with Crippen LogP contribution in [0, 0.1) is 0 Å². The maximum atomic E-state index is 11.7. The summed E-state index contributed by atoms with van der Waals surface area (Å²) in [5.74, 6) is -0.114. The molecule has 0 aliphatic carbocycles. The molecule has 0 aromatic heterocycles. The summed E-state index contributed by atoms with van der Waals surface area (Å²) >= 11 is 0. The maximum Gasteiger partial charge on any atom is 0.223 e. The van der Waals surface area contributed by atoms with Crippen LogP contribution in [0.1, 0.15) is 13.3 Å². The molecule has 0 aromatic carbocycles. The van der Waals surface area contributed by atoms with Crippen LogP contribution in [0.3, 0.4) is 0 Å².